The van der Waals surface area contributed by atoms with E-state index in [4.69, 9.17) is 0 Å². The van der Waals surface area contributed by atoms with Gasteiger partial charge in [0.05, 0.1) is 0 Å². The van der Waals surface area contributed by atoms with Crippen molar-refractivity contribution in [2.45, 2.75) is 60.3 Å². The Bertz CT molecular complexity index is 746. The van der Waals surface area contributed by atoms with Crippen molar-refractivity contribution in [3.05, 3.63) is 52.6 Å². The van der Waals surface area contributed by atoms with Crippen LogP contribution in [0.1, 0.15) is 62.8 Å². The molecule has 0 saturated heterocycles. The molecule has 1 aliphatic rings. The Morgan fingerprint density at radius 3 is 2.61 bits per heavy atom. The van der Waals surface area contributed by atoms with Crippen LogP contribution in [-0.4, -0.2) is 0 Å². The first kappa shape index (κ1) is 16.3. The number of rotatable bonds is 3. The minimum atomic E-state index is 0.793. The van der Waals surface area contributed by atoms with Crippen LogP contribution in [0.5, 0.6) is 0 Å². The molecule has 23 heavy (non-hydrogen) atoms. The van der Waals surface area contributed by atoms with Crippen LogP contribution < -0.4 is 0 Å². The summed E-state index contributed by atoms with van der Waals surface area (Å²) < 4.78 is 0. The first-order valence-electron chi connectivity index (χ1n) is 9.25. The smallest absolute Gasteiger partial charge is 0.0151 e. The van der Waals surface area contributed by atoms with Gasteiger partial charge in [-0.1, -0.05) is 45.0 Å². The molecule has 2 aromatic rings. The fourth-order valence-electron chi connectivity index (χ4n) is 4.17. The molecule has 0 saturated carbocycles. The number of hydrogen-bond acceptors (Lipinski definition) is 0. The van der Waals surface area contributed by atoms with E-state index in [-0.39, 0.29) is 0 Å². The molecule has 0 bridgehead atoms. The van der Waals surface area contributed by atoms with Crippen molar-refractivity contribution >= 4 is 16.3 Å². The molecule has 0 aliphatic heterocycles. The van der Waals surface area contributed by atoms with Crippen LogP contribution in [0.25, 0.3) is 16.3 Å². The highest BCUT2D eigenvalue weighted by molar-refractivity contribution is 5.90. The van der Waals surface area contributed by atoms with Crippen LogP contribution >= 0.6 is 0 Å². The molecule has 0 amide bonds. The van der Waals surface area contributed by atoms with E-state index in [1.54, 1.807) is 11.1 Å². The second kappa shape index (κ2) is 6.51. The van der Waals surface area contributed by atoms with Crippen LogP contribution in [0.4, 0.5) is 0 Å². The van der Waals surface area contributed by atoms with Crippen molar-refractivity contribution in [1.82, 2.24) is 0 Å². The molecule has 0 heterocycles. The summed E-state index contributed by atoms with van der Waals surface area (Å²) in [5.74, 6) is 1.65. The third-order valence-electron chi connectivity index (χ3n) is 5.79. The number of benzene rings is 2. The maximum atomic E-state index is 2.48. The largest absolute Gasteiger partial charge is 0.0839 e. The Balaban J connectivity index is 2.10. The van der Waals surface area contributed by atoms with Gasteiger partial charge in [-0.2, -0.15) is 0 Å². The van der Waals surface area contributed by atoms with Gasteiger partial charge in [-0.05, 0) is 96.0 Å². The molecular formula is C23H30. The van der Waals surface area contributed by atoms with Gasteiger partial charge in [-0.15, -0.1) is 0 Å². The van der Waals surface area contributed by atoms with Crippen LogP contribution in [0.3, 0.4) is 0 Å². The van der Waals surface area contributed by atoms with E-state index in [2.05, 4.69) is 65.0 Å². The summed E-state index contributed by atoms with van der Waals surface area (Å²) in [5, 5.41) is 2.87. The van der Waals surface area contributed by atoms with Gasteiger partial charge in [-0.25, -0.2) is 0 Å². The highest BCUT2D eigenvalue weighted by atomic mass is 14.3. The quantitative estimate of drug-likeness (QED) is 0.590. The molecule has 2 aromatic carbocycles. The van der Waals surface area contributed by atoms with E-state index in [0.29, 0.717) is 0 Å². The third-order valence-corrected chi connectivity index (χ3v) is 5.79. The summed E-state index contributed by atoms with van der Waals surface area (Å²) in [7, 11) is 0. The molecule has 0 spiro atoms. The van der Waals surface area contributed by atoms with Crippen molar-refractivity contribution in [3.63, 3.8) is 0 Å². The predicted molar refractivity (Wildman–Crippen MR) is 103 cm³/mol. The fourth-order valence-corrected chi connectivity index (χ4v) is 4.17. The van der Waals surface area contributed by atoms with E-state index < -0.39 is 0 Å². The Kier molecular flexibility index (Phi) is 4.62. The second-order valence-electron chi connectivity index (χ2n) is 7.55. The molecule has 0 radical (unpaired) electrons. The molecular weight excluding hydrogens is 276 g/mol. The van der Waals surface area contributed by atoms with Crippen LogP contribution in [0.15, 0.2) is 30.3 Å². The molecule has 1 atom stereocenters. The van der Waals surface area contributed by atoms with Crippen LogP contribution in [-0.2, 0) is 12.8 Å². The average molecular weight is 306 g/mol. The van der Waals surface area contributed by atoms with E-state index >= 15 is 0 Å². The zero-order valence-electron chi connectivity index (χ0n) is 15.4. The fraction of sp³-hybridized carbons (Fsp3) is 0.478. The molecule has 0 N–H and O–H groups in total. The normalized spacial score (nSPS) is 18.5. The number of hydrogen-bond donors (Lipinski definition) is 0. The van der Waals surface area contributed by atoms with Gasteiger partial charge < -0.3 is 0 Å². The van der Waals surface area contributed by atoms with Gasteiger partial charge in [0.25, 0.3) is 0 Å². The SMILES string of the molecule is C/C=C(\CC)c1cc(C)c2cc3c(cc2c1)CC(C(C)C)CC3. The van der Waals surface area contributed by atoms with Crippen molar-refractivity contribution in [2.75, 3.05) is 0 Å². The summed E-state index contributed by atoms with van der Waals surface area (Å²) in [6.07, 6.45) is 7.22. The molecule has 1 aliphatic carbocycles. The Hall–Kier alpha value is -1.56. The van der Waals surface area contributed by atoms with Gasteiger partial charge in [0.1, 0.15) is 0 Å². The monoisotopic (exact) mass is 306 g/mol. The Labute approximate surface area is 141 Å². The number of allylic oxidation sites excluding steroid dienone is 2. The highest BCUT2D eigenvalue weighted by Gasteiger charge is 2.21. The van der Waals surface area contributed by atoms with Gasteiger partial charge in [0.15, 0.2) is 0 Å². The number of aryl methyl sites for hydroxylation is 2. The van der Waals surface area contributed by atoms with Gasteiger partial charge >= 0.3 is 0 Å². The maximum Gasteiger partial charge on any atom is -0.0151 e. The van der Waals surface area contributed by atoms with Crippen LogP contribution in [0.2, 0.25) is 0 Å². The molecule has 0 nitrogen and oxygen atoms in total. The van der Waals surface area contributed by atoms with Gasteiger partial charge in [-0.3, -0.25) is 0 Å². The first-order chi connectivity index (χ1) is 11.0. The van der Waals surface area contributed by atoms with Gasteiger partial charge in [0, 0.05) is 0 Å². The minimum absolute atomic E-state index is 0.793. The van der Waals surface area contributed by atoms with E-state index in [1.165, 1.54) is 46.7 Å². The van der Waals surface area contributed by atoms with Crippen molar-refractivity contribution in [3.8, 4) is 0 Å². The molecule has 0 aromatic heterocycles. The van der Waals surface area contributed by atoms with Crippen molar-refractivity contribution < 1.29 is 0 Å². The Morgan fingerprint density at radius 1 is 1.17 bits per heavy atom. The lowest BCUT2D eigenvalue weighted by Gasteiger charge is -2.28. The lowest BCUT2D eigenvalue weighted by atomic mass is 9.77. The second-order valence-corrected chi connectivity index (χ2v) is 7.55. The highest BCUT2D eigenvalue weighted by Crippen LogP contribution is 2.35. The standard InChI is InChI=1S/C23H30/c1-6-17(7-2)20-10-16(5)23-14-19-9-8-18(15(3)4)11-21(19)13-22(23)12-20/h6,10,12-15,18H,7-9,11H2,1-5H3/b17-6+. The average Bonchev–Trinajstić information content (AvgIpc) is 2.54. The van der Waals surface area contributed by atoms with E-state index in [1.807, 2.05) is 0 Å². The first-order valence-corrected chi connectivity index (χ1v) is 9.25. The Morgan fingerprint density at radius 2 is 1.96 bits per heavy atom. The molecule has 0 fully saturated rings. The van der Waals surface area contributed by atoms with E-state index in [9.17, 15) is 0 Å². The summed E-state index contributed by atoms with van der Waals surface area (Å²) in [5.41, 5.74) is 7.45. The summed E-state index contributed by atoms with van der Waals surface area (Å²) >= 11 is 0. The van der Waals surface area contributed by atoms with Crippen LogP contribution in [0, 0.1) is 18.8 Å². The zero-order chi connectivity index (χ0) is 16.6. The predicted octanol–water partition coefficient (Wildman–Crippen LogP) is 6.72. The summed E-state index contributed by atoms with van der Waals surface area (Å²) in [6.45, 7) is 11.4. The summed E-state index contributed by atoms with van der Waals surface area (Å²) in [6, 6.07) is 9.73. The zero-order valence-corrected chi connectivity index (χ0v) is 15.4. The topological polar surface area (TPSA) is 0 Å². The van der Waals surface area contributed by atoms with Gasteiger partial charge in [0.2, 0.25) is 0 Å². The number of fused-ring (bicyclic) bond motifs is 2. The maximum absolute atomic E-state index is 2.48. The molecule has 3 rings (SSSR count). The molecule has 1 unspecified atom stereocenters. The minimum Gasteiger partial charge on any atom is -0.0839 e. The molecule has 0 heteroatoms. The van der Waals surface area contributed by atoms with Crippen molar-refractivity contribution in [1.29, 1.82) is 0 Å². The third kappa shape index (κ3) is 3.09. The lowest BCUT2D eigenvalue weighted by Crippen LogP contribution is -2.19. The lowest BCUT2D eigenvalue weighted by molar-refractivity contribution is 0.343. The summed E-state index contributed by atoms with van der Waals surface area (Å²) in [4.78, 5) is 0. The van der Waals surface area contributed by atoms with E-state index in [0.717, 1.165) is 18.3 Å². The van der Waals surface area contributed by atoms with Crippen molar-refractivity contribution in [2.24, 2.45) is 11.8 Å². The molecule has 122 valence electrons.